The van der Waals surface area contributed by atoms with Crippen molar-refractivity contribution in [3.63, 3.8) is 0 Å². The Morgan fingerprint density at radius 1 is 0.899 bits per heavy atom. The first-order chi connectivity index (χ1) is 33.5. The molecule has 3 aliphatic rings. The van der Waals surface area contributed by atoms with Crippen LogP contribution in [-0.2, 0) is 39.4 Å². The molecule has 6 atom stereocenters. The topological polar surface area (TPSA) is 152 Å². The molecule has 0 saturated carbocycles. The normalized spacial score (nSPS) is 21.4. The molecule has 0 aliphatic carbocycles. The number of aliphatic hydroxyl groups is 2. The fourth-order valence-electron chi connectivity index (χ4n) is 11.2. The van der Waals surface area contributed by atoms with Crippen LogP contribution in [0.15, 0.2) is 128 Å². The summed E-state index contributed by atoms with van der Waals surface area (Å²) in [6.45, 7) is 10.9. The van der Waals surface area contributed by atoms with E-state index >= 15 is 4.79 Å². The largest absolute Gasteiger partial charge is 0.497 e. The second kappa shape index (κ2) is 20.4. The summed E-state index contributed by atoms with van der Waals surface area (Å²) in [5, 5.41) is 33.5. The average molecular weight is 949 g/mol. The first-order valence-electron chi connectivity index (χ1n) is 24.3. The van der Waals surface area contributed by atoms with Crippen LogP contribution in [0, 0.1) is 5.92 Å². The van der Waals surface area contributed by atoms with Crippen molar-refractivity contribution < 1.29 is 34.0 Å². The van der Waals surface area contributed by atoms with Crippen LogP contribution in [0.4, 0.5) is 17.1 Å². The molecule has 0 radical (unpaired) electrons. The van der Waals surface area contributed by atoms with Gasteiger partial charge in [-0.15, -0.1) is 5.10 Å². The number of carbonyl (C=O) groups is 2. The molecule has 4 heterocycles. The Bertz CT molecular complexity index is 2730. The van der Waals surface area contributed by atoms with Gasteiger partial charge in [0.1, 0.15) is 11.5 Å². The Morgan fingerprint density at radius 2 is 1.64 bits per heavy atom. The van der Waals surface area contributed by atoms with E-state index in [0.29, 0.717) is 51.2 Å². The highest BCUT2D eigenvalue weighted by molar-refractivity contribution is 6.91. The standard InChI is InChI=1S/C55H64N6O7Si/c1-6-67-43-24-27-49-40(32-43)33-47(56-29-12-13-31-62)53(64)61(49)41-20-18-38(19-21-41)34-60-50-17-11-10-16-46(50)55(54(60)65)37(2)52(69(4,5)44-25-22-42(66-3)23-26-44)51(68-55)28-30-59-35-48(57-58-59)45(36-63)39-14-8-7-9-15-39/h7-11,14-27,32,35,37,45,47,51-52,56,62-63H,6,12-13,28-31,33-34,36H2,1-5H3/t37-,45?,47?,51+,52-,55+/m0/s1. The number of amides is 2. The zero-order valence-electron chi connectivity index (χ0n) is 40.3. The van der Waals surface area contributed by atoms with Gasteiger partial charge in [0.15, 0.2) is 5.60 Å². The van der Waals surface area contributed by atoms with Gasteiger partial charge in [0.25, 0.3) is 5.91 Å². The summed E-state index contributed by atoms with van der Waals surface area (Å²) in [7, 11) is -0.734. The maximum atomic E-state index is 15.6. The van der Waals surface area contributed by atoms with Crippen molar-refractivity contribution in [3.8, 4) is 11.5 Å². The number of nitrogens with zero attached hydrogens (tertiary/aromatic N) is 5. The second-order valence-corrected chi connectivity index (χ2v) is 23.8. The fourth-order valence-corrected chi connectivity index (χ4v) is 15.3. The van der Waals surface area contributed by atoms with Crippen molar-refractivity contribution in [1.82, 2.24) is 20.3 Å². The van der Waals surface area contributed by atoms with Crippen molar-refractivity contribution in [3.05, 3.63) is 155 Å². The van der Waals surface area contributed by atoms with Crippen molar-refractivity contribution in [2.45, 2.75) is 94.9 Å². The van der Waals surface area contributed by atoms with E-state index in [2.05, 4.69) is 53.8 Å². The maximum Gasteiger partial charge on any atom is 0.264 e. The van der Waals surface area contributed by atoms with Gasteiger partial charge in [-0.2, -0.15) is 0 Å². The van der Waals surface area contributed by atoms with Crippen LogP contribution in [0.2, 0.25) is 18.6 Å². The summed E-state index contributed by atoms with van der Waals surface area (Å²) >= 11 is 0. The Morgan fingerprint density at radius 3 is 2.36 bits per heavy atom. The minimum atomic E-state index is -2.41. The lowest BCUT2D eigenvalue weighted by Gasteiger charge is -2.37. The predicted molar refractivity (Wildman–Crippen MR) is 270 cm³/mol. The third kappa shape index (κ3) is 9.12. The number of aryl methyl sites for hydroxylation is 1. The van der Waals surface area contributed by atoms with Crippen LogP contribution >= 0.6 is 0 Å². The summed E-state index contributed by atoms with van der Waals surface area (Å²) < 4.78 is 20.7. The zero-order chi connectivity index (χ0) is 48.3. The highest BCUT2D eigenvalue weighted by atomic mass is 28.3. The molecule has 3 N–H and O–H groups in total. The number of hydrogen-bond acceptors (Lipinski definition) is 10. The molecule has 2 amide bonds. The van der Waals surface area contributed by atoms with E-state index in [9.17, 15) is 15.0 Å². The molecule has 69 heavy (non-hydrogen) atoms. The third-order valence-corrected chi connectivity index (χ3v) is 19.1. The lowest BCUT2D eigenvalue weighted by Crippen LogP contribution is -2.51. The van der Waals surface area contributed by atoms with E-state index in [1.165, 1.54) is 5.19 Å². The maximum absolute atomic E-state index is 15.6. The summed E-state index contributed by atoms with van der Waals surface area (Å²) in [6, 6.07) is 39.7. The summed E-state index contributed by atoms with van der Waals surface area (Å²) in [6.07, 6.45) is 4.18. The smallest absolute Gasteiger partial charge is 0.264 e. The van der Waals surface area contributed by atoms with E-state index in [1.54, 1.807) is 12.0 Å². The molecule has 2 unspecified atom stereocenters. The van der Waals surface area contributed by atoms with Gasteiger partial charge in [-0.25, -0.2) is 0 Å². The van der Waals surface area contributed by atoms with Crippen LogP contribution in [0.1, 0.15) is 67.0 Å². The van der Waals surface area contributed by atoms with Crippen LogP contribution in [0.25, 0.3) is 0 Å². The number of aliphatic hydroxyl groups excluding tert-OH is 2. The molecule has 13 nitrogen and oxygen atoms in total. The molecular weight excluding hydrogens is 885 g/mol. The van der Waals surface area contributed by atoms with Gasteiger partial charge >= 0.3 is 0 Å². The van der Waals surface area contributed by atoms with E-state index in [4.69, 9.17) is 14.2 Å². The van der Waals surface area contributed by atoms with E-state index in [0.717, 1.165) is 57.2 Å². The van der Waals surface area contributed by atoms with Gasteiger partial charge in [-0.3, -0.25) is 19.2 Å². The van der Waals surface area contributed by atoms with Crippen molar-refractivity contribution in [2.24, 2.45) is 5.92 Å². The van der Waals surface area contributed by atoms with Gasteiger partial charge in [0, 0.05) is 36.5 Å². The number of ether oxygens (including phenoxy) is 3. The SMILES string of the molecule is CCOc1ccc2c(c1)CC(NCCCCO)C(=O)N2c1ccc(CN2C(=O)[C@]3(O[C@H](CCn4cc(C(CO)c5ccccc5)nn4)[C@@H]([Si](C)(C)c4ccc(OC)cc4)[C@@H]3C)c3ccccc32)cc1. The van der Waals surface area contributed by atoms with Crippen LogP contribution in [0.3, 0.4) is 0 Å². The zero-order valence-corrected chi connectivity index (χ0v) is 41.3. The number of para-hydroxylation sites is 1. The van der Waals surface area contributed by atoms with E-state index in [-0.39, 0.29) is 48.5 Å². The number of nitrogens with one attached hydrogen (secondary N) is 1. The third-order valence-electron chi connectivity index (χ3n) is 14.7. The van der Waals surface area contributed by atoms with Crippen molar-refractivity contribution in [2.75, 3.05) is 43.3 Å². The van der Waals surface area contributed by atoms with Gasteiger partial charge in [-0.1, -0.05) is 103 Å². The Labute approximate surface area is 406 Å². The molecule has 14 heteroatoms. The lowest BCUT2D eigenvalue weighted by molar-refractivity contribution is -0.146. The predicted octanol–water partition coefficient (Wildman–Crippen LogP) is 7.61. The number of fused-ring (bicyclic) bond motifs is 3. The quantitative estimate of drug-likeness (QED) is 0.0547. The number of hydrogen-bond donors (Lipinski definition) is 3. The summed E-state index contributed by atoms with van der Waals surface area (Å²) in [5.74, 6) is 0.954. The number of aromatic nitrogens is 3. The molecule has 5 aromatic carbocycles. The summed E-state index contributed by atoms with van der Waals surface area (Å²) in [4.78, 5) is 33.5. The number of anilines is 3. The van der Waals surface area contributed by atoms with Gasteiger partial charge in [0.2, 0.25) is 5.91 Å². The second-order valence-electron chi connectivity index (χ2n) is 19.1. The molecule has 9 rings (SSSR count). The molecule has 1 spiro atoms. The Kier molecular flexibility index (Phi) is 14.2. The number of rotatable bonds is 19. The Hall–Kier alpha value is -6.16. The van der Waals surface area contributed by atoms with Crippen LogP contribution in [0.5, 0.6) is 11.5 Å². The monoisotopic (exact) mass is 948 g/mol. The van der Waals surface area contributed by atoms with Gasteiger partial charge in [0.05, 0.1) is 70.1 Å². The minimum Gasteiger partial charge on any atom is -0.497 e. The molecule has 1 saturated heterocycles. The molecule has 360 valence electrons. The highest BCUT2D eigenvalue weighted by Gasteiger charge is 2.66. The molecule has 6 aromatic rings. The molecule has 3 aliphatic heterocycles. The van der Waals surface area contributed by atoms with E-state index in [1.807, 2.05) is 126 Å². The number of methoxy groups -OCH3 is 1. The molecular formula is C55H64N6O7Si. The highest BCUT2D eigenvalue weighted by Crippen LogP contribution is 2.60. The van der Waals surface area contributed by atoms with Crippen molar-refractivity contribution in [1.29, 1.82) is 0 Å². The Balaban J connectivity index is 1.01. The van der Waals surface area contributed by atoms with Crippen LogP contribution in [-0.4, -0.2) is 90.7 Å². The average Bonchev–Trinajstić information content (AvgIpc) is 4.03. The number of carbonyl (C=O) groups excluding carboxylic acids is 2. The van der Waals surface area contributed by atoms with E-state index < -0.39 is 19.7 Å². The molecule has 1 aromatic heterocycles. The minimum absolute atomic E-state index is 0.0298. The molecule has 0 bridgehead atoms. The van der Waals surface area contributed by atoms with Crippen molar-refractivity contribution >= 4 is 42.1 Å². The summed E-state index contributed by atoms with van der Waals surface area (Å²) in [5.41, 5.74) is 5.66. The number of benzene rings is 5. The van der Waals surface area contributed by atoms with Crippen LogP contribution < -0.4 is 29.8 Å². The lowest BCUT2D eigenvalue weighted by atomic mass is 9.82. The molecule has 1 fully saturated rings. The fraction of sp³-hybridized carbons (Fsp3) is 0.382. The van der Waals surface area contributed by atoms with Gasteiger partial charge in [-0.05, 0) is 110 Å². The van der Waals surface area contributed by atoms with Gasteiger partial charge < -0.3 is 34.6 Å². The first kappa shape index (κ1) is 47.9. The first-order valence-corrected chi connectivity index (χ1v) is 27.4. The number of unbranched alkanes of at least 4 members (excludes halogenated alkanes) is 1.